The highest BCUT2D eigenvalue weighted by molar-refractivity contribution is 8.68. The van der Waals surface area contributed by atoms with Gasteiger partial charge in [0.05, 0.1) is 25.1 Å². The molecule has 4 heterocycles. The van der Waals surface area contributed by atoms with E-state index < -0.39 is 5.69 Å². The number of anilines is 1. The smallest absolute Gasteiger partial charge is 0.248 e. The van der Waals surface area contributed by atoms with E-state index in [4.69, 9.17) is 31.3 Å². The molecule has 32 heavy (non-hydrogen) atoms. The summed E-state index contributed by atoms with van der Waals surface area (Å²) in [7, 11) is 0. The average Bonchev–Trinajstić information content (AvgIpc) is 3.39. The molecule has 0 aromatic carbocycles. The minimum Gasteiger partial charge on any atom is -0.382 e. The zero-order chi connectivity index (χ0) is 22.7. The zero-order valence-electron chi connectivity index (χ0n) is 18.6. The first-order valence-corrected chi connectivity index (χ1v) is 15.1. The summed E-state index contributed by atoms with van der Waals surface area (Å²) in [6, 6.07) is 0. The lowest BCUT2D eigenvalue weighted by Gasteiger charge is -2.37. The lowest BCUT2D eigenvalue weighted by Crippen LogP contribution is -2.39. The molecular formula is C21H30N5O3PS2. The summed E-state index contributed by atoms with van der Waals surface area (Å²) < 4.78 is 21.1. The number of hydrogen-bond donors (Lipinski definition) is 1. The van der Waals surface area contributed by atoms with Gasteiger partial charge in [-0.05, 0) is 63.2 Å². The topological polar surface area (TPSA) is 97.3 Å². The fourth-order valence-electron chi connectivity index (χ4n) is 4.93. The molecule has 2 aromatic heterocycles. The maximum Gasteiger partial charge on any atom is 0.248 e. The predicted molar refractivity (Wildman–Crippen MR) is 131 cm³/mol. The highest BCUT2D eigenvalue weighted by Crippen LogP contribution is 2.75. The molecule has 2 saturated heterocycles. The van der Waals surface area contributed by atoms with Crippen LogP contribution in [-0.2, 0) is 25.6 Å². The van der Waals surface area contributed by atoms with E-state index in [0.717, 1.165) is 25.7 Å². The van der Waals surface area contributed by atoms with Gasteiger partial charge in [-0.15, -0.1) is 0 Å². The Balaban J connectivity index is 1.24. The molecular weight excluding hydrogens is 465 g/mol. The van der Waals surface area contributed by atoms with E-state index in [1.165, 1.54) is 11.9 Å². The van der Waals surface area contributed by atoms with Crippen LogP contribution in [0.4, 0.5) is 5.82 Å². The third kappa shape index (κ3) is 4.03. The van der Waals surface area contributed by atoms with Crippen LogP contribution in [0.2, 0.25) is 0 Å². The molecule has 7 atom stereocenters. The molecule has 0 bridgehead atoms. The Morgan fingerprint density at radius 2 is 2.25 bits per heavy atom. The van der Waals surface area contributed by atoms with Gasteiger partial charge in [-0.3, -0.25) is 4.57 Å². The van der Waals surface area contributed by atoms with E-state index in [0.29, 0.717) is 35.4 Å². The van der Waals surface area contributed by atoms with E-state index in [-0.39, 0.29) is 23.2 Å². The maximum atomic E-state index is 6.43. The van der Waals surface area contributed by atoms with Crippen LogP contribution in [0.5, 0.6) is 0 Å². The van der Waals surface area contributed by atoms with Gasteiger partial charge in [0, 0.05) is 4.75 Å². The van der Waals surface area contributed by atoms with Crippen molar-refractivity contribution in [1.29, 1.82) is 0 Å². The monoisotopic (exact) mass is 495 g/mol. The van der Waals surface area contributed by atoms with Crippen molar-refractivity contribution in [2.45, 2.75) is 69.6 Å². The Bertz CT molecular complexity index is 1100. The second-order valence-corrected chi connectivity index (χ2v) is 16.1. The van der Waals surface area contributed by atoms with E-state index in [2.05, 4.69) is 42.3 Å². The Hall–Kier alpha value is -1.03. The molecule has 1 saturated carbocycles. The molecule has 8 nitrogen and oxygen atoms in total. The summed E-state index contributed by atoms with van der Waals surface area (Å²) in [5.74, 6) is 1.19. The van der Waals surface area contributed by atoms with Crippen LogP contribution in [-0.4, -0.2) is 43.1 Å². The lowest BCUT2D eigenvalue weighted by molar-refractivity contribution is -0.0236. The fraction of sp³-hybridized carbons (Fsp3) is 0.667. The average molecular weight is 496 g/mol. The summed E-state index contributed by atoms with van der Waals surface area (Å²) in [4.78, 5) is 12.7. The minimum atomic E-state index is -2.42. The van der Waals surface area contributed by atoms with Crippen molar-refractivity contribution >= 4 is 45.9 Å². The van der Waals surface area contributed by atoms with Gasteiger partial charge in [0.25, 0.3) is 0 Å². The van der Waals surface area contributed by atoms with Crippen molar-refractivity contribution in [2.24, 2.45) is 11.8 Å². The molecule has 2 aromatic rings. The van der Waals surface area contributed by atoms with Gasteiger partial charge in [-0.25, -0.2) is 15.0 Å². The summed E-state index contributed by atoms with van der Waals surface area (Å²) in [6.07, 6.45) is 7.10. The maximum absolute atomic E-state index is 6.43. The summed E-state index contributed by atoms with van der Waals surface area (Å²) in [5.41, 5.74) is 6.02. The Morgan fingerprint density at radius 3 is 3.03 bits per heavy atom. The first-order valence-electron chi connectivity index (χ1n) is 11.0. The van der Waals surface area contributed by atoms with Crippen molar-refractivity contribution in [3.63, 3.8) is 0 Å². The standard InChI is InChI=1S/C21H30N5O3PS2/c1-12(2)14-5-6-21(4)16(8-14)29-30(31,32-21)27-9-15-13(3)7-17(28-15)26-11-25-18-19(22)23-10-24-20(18)26/h10-11,13-17H,1,5-9H2,2-4H3,(H2,22,23,24)/t13-,14+,15+,16-,17+,21-,30-/m0/s1. The van der Waals surface area contributed by atoms with Crippen LogP contribution >= 0.6 is 17.1 Å². The molecule has 0 spiro atoms. The lowest BCUT2D eigenvalue weighted by atomic mass is 9.77. The number of nitrogens with two attached hydrogens (primary N) is 1. The quantitative estimate of drug-likeness (QED) is 0.461. The first kappa shape index (κ1) is 22.7. The number of hydrogen-bond acceptors (Lipinski definition) is 9. The number of imidazole rings is 1. The molecule has 174 valence electrons. The van der Waals surface area contributed by atoms with Crippen molar-refractivity contribution in [3.8, 4) is 0 Å². The number of ether oxygens (including phenoxy) is 1. The number of nitrogens with zero attached hydrogens (tertiary/aromatic N) is 4. The number of nitrogen functional groups attached to an aromatic ring is 1. The zero-order valence-corrected chi connectivity index (χ0v) is 21.2. The molecule has 11 heteroatoms. The van der Waals surface area contributed by atoms with E-state index in [9.17, 15) is 0 Å². The second-order valence-electron chi connectivity index (χ2n) is 9.48. The van der Waals surface area contributed by atoms with Gasteiger partial charge in [-0.1, -0.05) is 30.5 Å². The summed E-state index contributed by atoms with van der Waals surface area (Å²) in [5, 5.41) is 0. The van der Waals surface area contributed by atoms with Gasteiger partial charge >= 0.3 is 0 Å². The van der Waals surface area contributed by atoms with Crippen LogP contribution in [0.15, 0.2) is 24.8 Å². The first-order chi connectivity index (χ1) is 15.2. The minimum absolute atomic E-state index is 0.0293. The van der Waals surface area contributed by atoms with Gasteiger partial charge in [-0.2, -0.15) is 0 Å². The van der Waals surface area contributed by atoms with Crippen LogP contribution < -0.4 is 5.73 Å². The SMILES string of the molecule is C=C(C)[C@@H]1CC[C@]2(C)S[P@@](=S)(OC[C@H]3O[C@@H](n4cnc5c(N)ncnc54)C[C@@H]3C)O[C@H]2C1. The fourth-order valence-corrected chi connectivity index (χ4v) is 12.1. The number of fused-ring (bicyclic) bond motifs is 2. The molecule has 3 aliphatic rings. The van der Waals surface area contributed by atoms with Gasteiger partial charge in [0.2, 0.25) is 5.69 Å². The van der Waals surface area contributed by atoms with Gasteiger partial charge in [0.15, 0.2) is 11.5 Å². The van der Waals surface area contributed by atoms with Crippen molar-refractivity contribution in [1.82, 2.24) is 19.5 Å². The van der Waals surface area contributed by atoms with E-state index >= 15 is 0 Å². The van der Waals surface area contributed by atoms with E-state index in [1.54, 1.807) is 17.7 Å². The Kier molecular flexibility index (Phi) is 5.92. The molecule has 5 rings (SSSR count). The Labute approximate surface area is 197 Å². The van der Waals surface area contributed by atoms with E-state index in [1.807, 2.05) is 4.57 Å². The second kappa shape index (κ2) is 8.32. The van der Waals surface area contributed by atoms with Crippen molar-refractivity contribution in [3.05, 3.63) is 24.8 Å². The van der Waals surface area contributed by atoms with Crippen LogP contribution in [0, 0.1) is 11.8 Å². The Morgan fingerprint density at radius 1 is 1.44 bits per heavy atom. The summed E-state index contributed by atoms with van der Waals surface area (Å²) >= 11 is 7.67. The normalized spacial score (nSPS) is 39.4. The molecule has 2 aliphatic heterocycles. The number of rotatable bonds is 5. The third-order valence-corrected chi connectivity index (χ3v) is 12.9. The van der Waals surface area contributed by atoms with Crippen LogP contribution in [0.3, 0.4) is 0 Å². The molecule has 0 radical (unpaired) electrons. The molecule has 2 N–H and O–H groups in total. The van der Waals surface area contributed by atoms with Crippen LogP contribution in [0.1, 0.15) is 52.7 Å². The molecule has 0 amide bonds. The largest absolute Gasteiger partial charge is 0.382 e. The predicted octanol–water partition coefficient (Wildman–Crippen LogP) is 4.84. The van der Waals surface area contributed by atoms with Crippen LogP contribution in [0.25, 0.3) is 11.2 Å². The van der Waals surface area contributed by atoms with Crippen molar-refractivity contribution in [2.75, 3.05) is 12.3 Å². The highest BCUT2D eigenvalue weighted by Gasteiger charge is 2.53. The summed E-state index contributed by atoms with van der Waals surface area (Å²) in [6.45, 7) is 11.1. The number of aromatic nitrogens is 4. The van der Waals surface area contributed by atoms with Gasteiger partial charge < -0.3 is 19.5 Å². The molecule has 3 fully saturated rings. The highest BCUT2D eigenvalue weighted by atomic mass is 32.9. The molecule has 1 aliphatic carbocycles. The van der Waals surface area contributed by atoms with Gasteiger partial charge in [0.1, 0.15) is 18.1 Å². The number of allylic oxidation sites excluding steroid dienone is 1. The third-order valence-electron chi connectivity index (χ3n) is 7.08. The molecule has 0 unspecified atom stereocenters. The van der Waals surface area contributed by atoms with Crippen molar-refractivity contribution < 1.29 is 13.8 Å².